The maximum Gasteiger partial charge on any atom is 0.402 e. The lowest BCUT2D eigenvalue weighted by molar-refractivity contribution is 0.0347. The number of carbonyl (C=O) groups is 1. The molecular formula is C33H42F2NO5P. The Morgan fingerprint density at radius 2 is 1.52 bits per heavy atom. The number of ether oxygens (including phenoxy) is 1. The molecule has 0 aliphatic heterocycles. The van der Waals surface area contributed by atoms with Crippen LogP contribution >= 0.6 is 7.60 Å². The summed E-state index contributed by atoms with van der Waals surface area (Å²) < 4.78 is 53.1. The van der Waals surface area contributed by atoms with Gasteiger partial charge in [-0.05, 0) is 67.3 Å². The highest BCUT2D eigenvalue weighted by Crippen LogP contribution is 2.64. The molecule has 42 heavy (non-hydrogen) atoms. The SMILES string of the molecule is CCCCCCCCOc1ccc(-c2ccc(C(=O)N(C)c3cccc(C(F)(F)P(=O)(O)OC(C)CC)c3)cc2)cc1. The van der Waals surface area contributed by atoms with Gasteiger partial charge >= 0.3 is 13.3 Å². The maximum atomic E-state index is 15.0. The van der Waals surface area contributed by atoms with E-state index in [4.69, 9.17) is 9.26 Å². The zero-order valence-electron chi connectivity index (χ0n) is 24.9. The van der Waals surface area contributed by atoms with Gasteiger partial charge in [-0.1, -0.05) is 82.3 Å². The Hall–Kier alpha value is -3.06. The summed E-state index contributed by atoms with van der Waals surface area (Å²) in [6, 6.07) is 19.7. The van der Waals surface area contributed by atoms with Crippen LogP contribution < -0.4 is 9.64 Å². The predicted molar refractivity (Wildman–Crippen MR) is 164 cm³/mol. The van der Waals surface area contributed by atoms with Crippen LogP contribution in [-0.4, -0.2) is 30.6 Å². The molecule has 0 saturated carbocycles. The summed E-state index contributed by atoms with van der Waals surface area (Å²) >= 11 is 0. The van der Waals surface area contributed by atoms with Crippen LogP contribution in [0, 0.1) is 0 Å². The van der Waals surface area contributed by atoms with Crippen LogP contribution in [0.3, 0.4) is 0 Å². The zero-order valence-corrected chi connectivity index (χ0v) is 25.8. The molecule has 228 valence electrons. The molecule has 0 heterocycles. The van der Waals surface area contributed by atoms with Crippen molar-refractivity contribution in [3.05, 3.63) is 83.9 Å². The minimum atomic E-state index is -5.32. The number of hydrogen-bond donors (Lipinski definition) is 1. The Kier molecular flexibility index (Phi) is 12.3. The number of alkyl halides is 2. The van der Waals surface area contributed by atoms with E-state index in [-0.39, 0.29) is 5.69 Å². The van der Waals surface area contributed by atoms with Crippen LogP contribution in [0.1, 0.15) is 81.6 Å². The standard InChI is InChI=1S/C33H42F2NO5P/c1-5-7-8-9-10-11-23-40-31-21-19-27(20-22-31)26-15-17-28(18-16-26)32(37)36(4)30-14-12-13-29(24-30)33(34,35)42(38,39)41-25(3)6-2/h12-22,24-25H,5-11,23H2,1-4H3,(H,38,39). The van der Waals surface area contributed by atoms with Gasteiger partial charge in [-0.2, -0.15) is 8.78 Å². The van der Waals surface area contributed by atoms with Gasteiger partial charge in [-0.3, -0.25) is 9.36 Å². The Morgan fingerprint density at radius 1 is 0.929 bits per heavy atom. The summed E-state index contributed by atoms with van der Waals surface area (Å²) in [5.74, 6) is 0.404. The number of rotatable bonds is 16. The van der Waals surface area contributed by atoms with Gasteiger partial charge in [0.15, 0.2) is 0 Å². The molecule has 0 aliphatic rings. The van der Waals surface area contributed by atoms with Crippen molar-refractivity contribution in [2.75, 3.05) is 18.6 Å². The first-order chi connectivity index (χ1) is 20.0. The minimum Gasteiger partial charge on any atom is -0.494 e. The number of benzene rings is 3. The van der Waals surface area contributed by atoms with Crippen LogP contribution in [0.4, 0.5) is 14.5 Å². The van der Waals surface area contributed by atoms with Gasteiger partial charge in [0.25, 0.3) is 5.91 Å². The lowest BCUT2D eigenvalue weighted by atomic mass is 10.0. The van der Waals surface area contributed by atoms with Crippen LogP contribution in [0.15, 0.2) is 72.8 Å². The molecule has 0 aromatic heterocycles. The number of carbonyl (C=O) groups excluding carboxylic acids is 1. The summed E-state index contributed by atoms with van der Waals surface area (Å²) in [6.45, 7) is 6.02. The first-order valence-corrected chi connectivity index (χ1v) is 16.2. The molecule has 0 bridgehead atoms. The van der Waals surface area contributed by atoms with Crippen molar-refractivity contribution in [3.8, 4) is 16.9 Å². The molecule has 0 spiro atoms. The van der Waals surface area contributed by atoms with Crippen molar-refractivity contribution in [1.29, 1.82) is 0 Å². The van der Waals surface area contributed by atoms with Gasteiger partial charge in [-0.15, -0.1) is 0 Å². The zero-order chi connectivity index (χ0) is 30.8. The third-order valence-electron chi connectivity index (χ3n) is 7.22. The Morgan fingerprint density at radius 3 is 2.14 bits per heavy atom. The van der Waals surface area contributed by atoms with Crippen LogP contribution in [0.25, 0.3) is 11.1 Å². The van der Waals surface area contributed by atoms with Crippen molar-refractivity contribution in [3.63, 3.8) is 0 Å². The van der Waals surface area contributed by atoms with E-state index in [0.29, 0.717) is 18.6 Å². The number of anilines is 1. The largest absolute Gasteiger partial charge is 0.494 e. The fourth-order valence-corrected chi connectivity index (χ4v) is 5.62. The van der Waals surface area contributed by atoms with Crippen molar-refractivity contribution in [1.82, 2.24) is 0 Å². The molecule has 0 aliphatic carbocycles. The molecule has 0 fully saturated rings. The van der Waals surface area contributed by atoms with E-state index >= 15 is 8.78 Å². The van der Waals surface area contributed by atoms with Gasteiger partial charge in [-0.25, -0.2) is 0 Å². The van der Waals surface area contributed by atoms with Crippen LogP contribution in [-0.2, 0) is 14.8 Å². The summed E-state index contributed by atoms with van der Waals surface area (Å²) in [5.41, 5.74) is -2.45. The van der Waals surface area contributed by atoms with Crippen LogP contribution in [0.5, 0.6) is 5.75 Å². The van der Waals surface area contributed by atoms with E-state index in [1.54, 1.807) is 19.1 Å². The number of halogens is 2. The fourth-order valence-electron chi connectivity index (χ4n) is 4.38. The number of amides is 1. The van der Waals surface area contributed by atoms with E-state index < -0.39 is 30.8 Å². The second kappa shape index (κ2) is 15.4. The summed E-state index contributed by atoms with van der Waals surface area (Å²) in [5, 5.41) is 0. The topological polar surface area (TPSA) is 76.1 Å². The maximum absolute atomic E-state index is 15.0. The van der Waals surface area contributed by atoms with Crippen molar-refractivity contribution in [2.45, 2.75) is 77.5 Å². The lowest BCUT2D eigenvalue weighted by Gasteiger charge is -2.26. The minimum absolute atomic E-state index is 0.154. The van der Waals surface area contributed by atoms with E-state index in [0.717, 1.165) is 35.4 Å². The highest BCUT2D eigenvalue weighted by molar-refractivity contribution is 7.53. The average molecular weight is 602 g/mol. The van der Waals surface area contributed by atoms with E-state index in [1.807, 2.05) is 36.4 Å². The third-order valence-corrected chi connectivity index (χ3v) is 8.84. The molecule has 1 N–H and O–H groups in total. The van der Waals surface area contributed by atoms with Crippen LogP contribution in [0.2, 0.25) is 0 Å². The number of hydrogen-bond acceptors (Lipinski definition) is 4. The predicted octanol–water partition coefficient (Wildman–Crippen LogP) is 9.42. The molecule has 3 rings (SSSR count). The third kappa shape index (κ3) is 8.73. The van der Waals surface area contributed by atoms with Gasteiger partial charge in [0.05, 0.1) is 12.7 Å². The summed E-state index contributed by atoms with van der Waals surface area (Å²) in [4.78, 5) is 24.4. The van der Waals surface area contributed by atoms with E-state index in [9.17, 15) is 14.3 Å². The van der Waals surface area contributed by atoms with E-state index in [2.05, 4.69) is 6.92 Å². The quantitative estimate of drug-likeness (QED) is 0.131. The Bertz CT molecular complexity index is 1330. The first-order valence-electron chi connectivity index (χ1n) is 14.6. The number of nitrogens with zero attached hydrogens (tertiary/aromatic N) is 1. The summed E-state index contributed by atoms with van der Waals surface area (Å²) in [7, 11) is -3.85. The molecule has 3 aromatic carbocycles. The Balaban J connectivity index is 1.63. The molecule has 6 nitrogen and oxygen atoms in total. The van der Waals surface area contributed by atoms with Gasteiger partial charge in [0.2, 0.25) is 0 Å². The monoisotopic (exact) mass is 601 g/mol. The molecule has 0 radical (unpaired) electrons. The lowest BCUT2D eigenvalue weighted by Crippen LogP contribution is -2.27. The first kappa shape index (κ1) is 33.4. The van der Waals surface area contributed by atoms with Crippen molar-refractivity contribution < 1.29 is 32.3 Å². The molecular weight excluding hydrogens is 559 g/mol. The average Bonchev–Trinajstić information content (AvgIpc) is 3.00. The second-order valence-electron chi connectivity index (χ2n) is 10.5. The van der Waals surface area contributed by atoms with E-state index in [1.165, 1.54) is 63.1 Å². The smallest absolute Gasteiger partial charge is 0.402 e. The molecule has 3 aromatic rings. The van der Waals surface area contributed by atoms with Gasteiger partial charge in [0.1, 0.15) is 5.75 Å². The molecule has 1 amide bonds. The fraction of sp³-hybridized carbons (Fsp3) is 0.424. The normalized spacial score (nSPS) is 13.8. The highest BCUT2D eigenvalue weighted by Gasteiger charge is 2.53. The Labute approximate surface area is 248 Å². The molecule has 0 saturated heterocycles. The number of unbranched alkanes of at least 4 members (excludes halogenated alkanes) is 5. The van der Waals surface area contributed by atoms with Crippen molar-refractivity contribution >= 4 is 19.2 Å². The molecule has 2 atom stereocenters. The van der Waals surface area contributed by atoms with Gasteiger partial charge < -0.3 is 19.1 Å². The summed E-state index contributed by atoms with van der Waals surface area (Å²) in [6.07, 6.45) is 6.75. The second-order valence-corrected chi connectivity index (χ2v) is 12.3. The van der Waals surface area contributed by atoms with Crippen molar-refractivity contribution in [2.24, 2.45) is 0 Å². The van der Waals surface area contributed by atoms with Gasteiger partial charge in [0, 0.05) is 23.9 Å². The molecule has 9 heteroatoms. The molecule has 2 unspecified atom stereocenters. The highest BCUT2D eigenvalue weighted by atomic mass is 31.2.